The van der Waals surface area contributed by atoms with E-state index in [9.17, 15) is 0 Å². The lowest BCUT2D eigenvalue weighted by Gasteiger charge is -2.36. The maximum absolute atomic E-state index is 6.02. The summed E-state index contributed by atoms with van der Waals surface area (Å²) in [5.41, 5.74) is 8.17. The summed E-state index contributed by atoms with van der Waals surface area (Å²) in [6.07, 6.45) is 3.48. The monoisotopic (exact) mass is 248 g/mol. The van der Waals surface area contributed by atoms with E-state index >= 15 is 0 Å². The van der Waals surface area contributed by atoms with Gasteiger partial charge in [0, 0.05) is 6.54 Å². The normalized spacial score (nSPS) is 18.4. The van der Waals surface area contributed by atoms with Crippen molar-refractivity contribution in [2.24, 2.45) is 5.73 Å². The molecule has 0 spiro atoms. The Bertz CT molecular complexity index is 392. The molecule has 0 aliphatic carbocycles. The first kappa shape index (κ1) is 13.2. The molecule has 0 amide bonds. The second-order valence-corrected chi connectivity index (χ2v) is 4.93. The number of anilines is 1. The van der Waals surface area contributed by atoms with Crippen LogP contribution in [0.1, 0.15) is 32.3 Å². The second-order valence-electron chi connectivity index (χ2n) is 4.93. The van der Waals surface area contributed by atoms with Crippen LogP contribution in [0.3, 0.4) is 0 Å². The van der Waals surface area contributed by atoms with E-state index < -0.39 is 0 Å². The summed E-state index contributed by atoms with van der Waals surface area (Å²) in [6, 6.07) is 6.47. The molecule has 0 aromatic heterocycles. The fourth-order valence-corrected chi connectivity index (χ4v) is 2.49. The molecule has 1 unspecified atom stereocenters. The number of rotatable bonds is 5. The first-order valence-electron chi connectivity index (χ1n) is 7.03. The summed E-state index contributed by atoms with van der Waals surface area (Å²) in [6.45, 7) is 7.20. The SMILES string of the molecule is CCCN1CC(CC)Oc2ccc(CCN)cc21. The highest BCUT2D eigenvalue weighted by Crippen LogP contribution is 2.35. The molecule has 18 heavy (non-hydrogen) atoms. The van der Waals surface area contributed by atoms with Crippen LogP contribution in [-0.2, 0) is 6.42 Å². The van der Waals surface area contributed by atoms with Crippen molar-refractivity contribution in [2.75, 3.05) is 24.5 Å². The lowest BCUT2D eigenvalue weighted by Crippen LogP contribution is -2.40. The predicted molar refractivity (Wildman–Crippen MR) is 76.4 cm³/mol. The molecule has 1 heterocycles. The van der Waals surface area contributed by atoms with Gasteiger partial charge in [-0.2, -0.15) is 0 Å². The Kier molecular flexibility index (Phi) is 4.48. The molecule has 1 aliphatic rings. The van der Waals surface area contributed by atoms with Crippen LogP contribution in [0.5, 0.6) is 5.75 Å². The molecule has 1 aliphatic heterocycles. The molecule has 1 aromatic carbocycles. The van der Waals surface area contributed by atoms with Gasteiger partial charge in [-0.1, -0.05) is 19.9 Å². The Hall–Kier alpha value is -1.22. The van der Waals surface area contributed by atoms with Crippen molar-refractivity contribution in [3.63, 3.8) is 0 Å². The largest absolute Gasteiger partial charge is 0.486 e. The average Bonchev–Trinajstić information content (AvgIpc) is 2.39. The van der Waals surface area contributed by atoms with Gasteiger partial charge in [0.25, 0.3) is 0 Å². The summed E-state index contributed by atoms with van der Waals surface area (Å²) < 4.78 is 6.02. The minimum Gasteiger partial charge on any atom is -0.486 e. The van der Waals surface area contributed by atoms with Crippen molar-refractivity contribution < 1.29 is 4.74 Å². The third kappa shape index (κ3) is 2.78. The van der Waals surface area contributed by atoms with Gasteiger partial charge in [-0.05, 0) is 43.5 Å². The van der Waals surface area contributed by atoms with E-state index in [4.69, 9.17) is 10.5 Å². The van der Waals surface area contributed by atoms with Gasteiger partial charge in [-0.3, -0.25) is 0 Å². The van der Waals surface area contributed by atoms with Crippen molar-refractivity contribution in [3.05, 3.63) is 23.8 Å². The number of nitrogens with two attached hydrogens (primary N) is 1. The lowest BCUT2D eigenvalue weighted by molar-refractivity contribution is 0.189. The van der Waals surface area contributed by atoms with E-state index in [1.54, 1.807) is 0 Å². The fourth-order valence-electron chi connectivity index (χ4n) is 2.49. The molecule has 2 N–H and O–H groups in total. The standard InChI is InChI=1S/C15H24N2O/c1-3-9-17-11-13(4-2)18-15-6-5-12(7-8-16)10-14(15)17/h5-6,10,13H,3-4,7-9,11,16H2,1-2H3. The van der Waals surface area contributed by atoms with Crippen molar-refractivity contribution in [1.29, 1.82) is 0 Å². The van der Waals surface area contributed by atoms with Gasteiger partial charge in [-0.25, -0.2) is 0 Å². The number of hydrogen-bond donors (Lipinski definition) is 1. The zero-order chi connectivity index (χ0) is 13.0. The first-order chi connectivity index (χ1) is 8.78. The van der Waals surface area contributed by atoms with Crippen molar-refractivity contribution in [2.45, 2.75) is 39.2 Å². The van der Waals surface area contributed by atoms with Crippen LogP contribution in [0.2, 0.25) is 0 Å². The van der Waals surface area contributed by atoms with E-state index in [0.29, 0.717) is 12.6 Å². The molecule has 100 valence electrons. The number of hydrogen-bond acceptors (Lipinski definition) is 3. The Balaban J connectivity index is 2.27. The topological polar surface area (TPSA) is 38.5 Å². The highest BCUT2D eigenvalue weighted by Gasteiger charge is 2.24. The minimum absolute atomic E-state index is 0.324. The average molecular weight is 248 g/mol. The molecule has 2 rings (SSSR count). The quantitative estimate of drug-likeness (QED) is 0.870. The van der Waals surface area contributed by atoms with Crippen molar-refractivity contribution in [1.82, 2.24) is 0 Å². The molecule has 0 fully saturated rings. The Morgan fingerprint density at radius 2 is 2.22 bits per heavy atom. The smallest absolute Gasteiger partial charge is 0.143 e. The van der Waals surface area contributed by atoms with Gasteiger partial charge in [0.15, 0.2) is 0 Å². The molecule has 1 atom stereocenters. The zero-order valence-electron chi connectivity index (χ0n) is 11.5. The Labute approximate surface area is 110 Å². The molecule has 0 bridgehead atoms. The van der Waals surface area contributed by atoms with Crippen LogP contribution in [-0.4, -0.2) is 25.7 Å². The summed E-state index contributed by atoms with van der Waals surface area (Å²) in [5.74, 6) is 1.03. The van der Waals surface area contributed by atoms with E-state index in [1.807, 2.05) is 0 Å². The van der Waals surface area contributed by atoms with Crippen LogP contribution in [0.15, 0.2) is 18.2 Å². The van der Waals surface area contributed by atoms with E-state index in [1.165, 1.54) is 11.3 Å². The van der Waals surface area contributed by atoms with E-state index in [-0.39, 0.29) is 0 Å². The van der Waals surface area contributed by atoms with Crippen molar-refractivity contribution in [3.8, 4) is 5.75 Å². The minimum atomic E-state index is 0.324. The lowest BCUT2D eigenvalue weighted by atomic mass is 10.1. The van der Waals surface area contributed by atoms with Gasteiger partial charge in [0.1, 0.15) is 11.9 Å². The van der Waals surface area contributed by atoms with Gasteiger partial charge in [0.2, 0.25) is 0 Å². The Morgan fingerprint density at radius 3 is 2.89 bits per heavy atom. The van der Waals surface area contributed by atoms with Gasteiger partial charge in [-0.15, -0.1) is 0 Å². The van der Waals surface area contributed by atoms with Gasteiger partial charge < -0.3 is 15.4 Å². The molecule has 1 aromatic rings. The zero-order valence-corrected chi connectivity index (χ0v) is 11.5. The maximum Gasteiger partial charge on any atom is 0.143 e. The second kappa shape index (κ2) is 6.10. The van der Waals surface area contributed by atoms with Crippen LogP contribution in [0.4, 0.5) is 5.69 Å². The van der Waals surface area contributed by atoms with E-state index in [0.717, 1.165) is 38.1 Å². The highest BCUT2D eigenvalue weighted by atomic mass is 16.5. The number of ether oxygens (including phenoxy) is 1. The van der Waals surface area contributed by atoms with Crippen LogP contribution >= 0.6 is 0 Å². The number of benzene rings is 1. The molecular weight excluding hydrogens is 224 g/mol. The molecular formula is C15H24N2O. The van der Waals surface area contributed by atoms with Gasteiger partial charge in [0.05, 0.1) is 12.2 Å². The molecule has 0 saturated heterocycles. The predicted octanol–water partition coefficient (Wildman–Crippen LogP) is 2.58. The molecule has 3 nitrogen and oxygen atoms in total. The molecule has 0 radical (unpaired) electrons. The maximum atomic E-state index is 6.02. The summed E-state index contributed by atoms with van der Waals surface area (Å²) >= 11 is 0. The van der Waals surface area contributed by atoms with E-state index in [2.05, 4.69) is 36.9 Å². The summed E-state index contributed by atoms with van der Waals surface area (Å²) in [5, 5.41) is 0. The van der Waals surface area contributed by atoms with Crippen LogP contribution < -0.4 is 15.4 Å². The fraction of sp³-hybridized carbons (Fsp3) is 0.600. The Morgan fingerprint density at radius 1 is 1.39 bits per heavy atom. The highest BCUT2D eigenvalue weighted by molar-refractivity contribution is 5.61. The molecule has 0 saturated carbocycles. The van der Waals surface area contributed by atoms with Crippen molar-refractivity contribution >= 4 is 5.69 Å². The number of fused-ring (bicyclic) bond motifs is 1. The van der Waals surface area contributed by atoms with Gasteiger partial charge >= 0.3 is 0 Å². The third-order valence-corrected chi connectivity index (χ3v) is 3.46. The molecule has 3 heteroatoms. The first-order valence-corrected chi connectivity index (χ1v) is 7.03. The third-order valence-electron chi connectivity index (χ3n) is 3.46. The van der Waals surface area contributed by atoms with Crippen LogP contribution in [0.25, 0.3) is 0 Å². The number of nitrogens with zero attached hydrogens (tertiary/aromatic N) is 1. The summed E-state index contributed by atoms with van der Waals surface area (Å²) in [7, 11) is 0. The van der Waals surface area contributed by atoms with Crippen LogP contribution in [0, 0.1) is 0 Å². The summed E-state index contributed by atoms with van der Waals surface area (Å²) in [4.78, 5) is 2.45.